The Labute approximate surface area is 88.5 Å². The SMILES string of the molecule is C[C](NC(C)=O)c1cc2ccccc2[nH]1. The highest BCUT2D eigenvalue weighted by atomic mass is 16.1. The predicted molar refractivity (Wildman–Crippen MR) is 60.1 cm³/mol. The van der Waals surface area contributed by atoms with E-state index in [4.69, 9.17) is 0 Å². The molecule has 0 saturated carbocycles. The summed E-state index contributed by atoms with van der Waals surface area (Å²) in [5, 5.41) is 3.92. The lowest BCUT2D eigenvalue weighted by molar-refractivity contribution is -0.118. The molecule has 0 unspecified atom stereocenters. The number of aromatic amines is 1. The van der Waals surface area contributed by atoms with Crippen LogP contribution in [0, 0.1) is 6.04 Å². The second-order valence-corrected chi connectivity index (χ2v) is 3.58. The third-order valence-electron chi connectivity index (χ3n) is 2.30. The van der Waals surface area contributed by atoms with Gasteiger partial charge in [-0.1, -0.05) is 18.2 Å². The summed E-state index contributed by atoms with van der Waals surface area (Å²) in [5.74, 6) is -0.0499. The van der Waals surface area contributed by atoms with Crippen LogP contribution in [-0.2, 0) is 4.79 Å². The molecule has 0 aliphatic rings. The number of benzene rings is 1. The van der Waals surface area contributed by atoms with E-state index in [-0.39, 0.29) is 5.91 Å². The van der Waals surface area contributed by atoms with Crippen molar-refractivity contribution in [3.63, 3.8) is 0 Å². The molecule has 1 heterocycles. The average Bonchev–Trinajstić information content (AvgIpc) is 2.59. The summed E-state index contributed by atoms with van der Waals surface area (Å²) in [6, 6.07) is 10.9. The van der Waals surface area contributed by atoms with Gasteiger partial charge < -0.3 is 10.3 Å². The minimum Gasteiger partial charge on any atom is -0.356 e. The van der Waals surface area contributed by atoms with Crippen molar-refractivity contribution >= 4 is 16.8 Å². The summed E-state index contributed by atoms with van der Waals surface area (Å²) in [5.41, 5.74) is 2.03. The third kappa shape index (κ3) is 2.01. The minimum atomic E-state index is -0.0499. The molecule has 2 rings (SSSR count). The van der Waals surface area contributed by atoms with E-state index in [1.165, 1.54) is 6.92 Å². The van der Waals surface area contributed by atoms with Crippen LogP contribution in [0.25, 0.3) is 10.9 Å². The van der Waals surface area contributed by atoms with Crippen molar-refractivity contribution < 1.29 is 4.79 Å². The normalized spacial score (nSPS) is 10.9. The topological polar surface area (TPSA) is 44.9 Å². The van der Waals surface area contributed by atoms with E-state index in [9.17, 15) is 4.79 Å². The van der Waals surface area contributed by atoms with E-state index in [1.54, 1.807) is 0 Å². The molecule has 3 heteroatoms. The fraction of sp³-hybridized carbons (Fsp3) is 0.167. The van der Waals surface area contributed by atoms with E-state index in [2.05, 4.69) is 10.3 Å². The molecule has 0 fully saturated rings. The van der Waals surface area contributed by atoms with Gasteiger partial charge >= 0.3 is 0 Å². The number of aromatic nitrogens is 1. The first-order valence-corrected chi connectivity index (χ1v) is 4.86. The summed E-state index contributed by atoms with van der Waals surface area (Å²) in [6.07, 6.45) is 0. The first-order valence-electron chi connectivity index (χ1n) is 4.86. The van der Waals surface area contributed by atoms with Gasteiger partial charge in [0.05, 0.1) is 0 Å². The molecule has 0 aliphatic carbocycles. The van der Waals surface area contributed by atoms with Crippen molar-refractivity contribution in [2.75, 3.05) is 0 Å². The number of carbonyl (C=O) groups excluding carboxylic acids is 1. The number of rotatable bonds is 2. The van der Waals surface area contributed by atoms with Gasteiger partial charge in [-0.15, -0.1) is 0 Å². The number of fused-ring (bicyclic) bond motifs is 1. The Morgan fingerprint density at radius 2 is 2.00 bits per heavy atom. The molecule has 1 radical (unpaired) electrons. The maximum atomic E-state index is 10.9. The standard InChI is InChI=1S/C12H13N2O/c1-8(13-9(2)15)12-7-10-5-3-4-6-11(10)14-12/h3-7,14H,1-2H3,(H,13,15). The lowest BCUT2D eigenvalue weighted by Crippen LogP contribution is -2.24. The first kappa shape index (κ1) is 9.77. The van der Waals surface area contributed by atoms with Crippen LogP contribution in [0.1, 0.15) is 19.5 Å². The second-order valence-electron chi connectivity index (χ2n) is 3.58. The minimum absolute atomic E-state index is 0.0499. The van der Waals surface area contributed by atoms with Gasteiger partial charge in [0.25, 0.3) is 0 Å². The fourth-order valence-corrected chi connectivity index (χ4v) is 1.61. The van der Waals surface area contributed by atoms with Gasteiger partial charge in [0.1, 0.15) is 6.04 Å². The lowest BCUT2D eigenvalue weighted by Gasteiger charge is -2.08. The second kappa shape index (κ2) is 3.77. The van der Waals surface area contributed by atoms with Crippen LogP contribution in [-0.4, -0.2) is 10.9 Å². The number of H-pyrrole nitrogens is 1. The van der Waals surface area contributed by atoms with Crippen LogP contribution in [0.5, 0.6) is 0 Å². The molecule has 77 valence electrons. The van der Waals surface area contributed by atoms with E-state index in [1.807, 2.05) is 37.3 Å². The molecule has 0 bridgehead atoms. The van der Waals surface area contributed by atoms with E-state index in [0.29, 0.717) is 0 Å². The quantitative estimate of drug-likeness (QED) is 0.768. The Kier molecular flexibility index (Phi) is 2.46. The van der Waals surface area contributed by atoms with E-state index in [0.717, 1.165) is 22.6 Å². The molecular formula is C12H13N2O. The number of nitrogens with one attached hydrogen (secondary N) is 2. The number of hydrogen-bond acceptors (Lipinski definition) is 1. The zero-order chi connectivity index (χ0) is 10.8. The van der Waals surface area contributed by atoms with Crippen LogP contribution in [0.4, 0.5) is 0 Å². The largest absolute Gasteiger partial charge is 0.356 e. The summed E-state index contributed by atoms with van der Waals surface area (Å²) >= 11 is 0. The van der Waals surface area contributed by atoms with Gasteiger partial charge in [0.15, 0.2) is 0 Å². The number of hydrogen-bond donors (Lipinski definition) is 2. The highest BCUT2D eigenvalue weighted by molar-refractivity contribution is 5.82. The van der Waals surface area contributed by atoms with Crippen molar-refractivity contribution in [1.29, 1.82) is 0 Å². The Hall–Kier alpha value is -1.77. The summed E-state index contributed by atoms with van der Waals surface area (Å²) in [4.78, 5) is 14.1. The zero-order valence-electron chi connectivity index (χ0n) is 8.79. The number of para-hydroxylation sites is 1. The fourth-order valence-electron chi connectivity index (χ4n) is 1.61. The maximum absolute atomic E-state index is 10.9. The van der Waals surface area contributed by atoms with Gasteiger partial charge in [-0.2, -0.15) is 0 Å². The molecule has 2 N–H and O–H groups in total. The molecule has 1 aromatic carbocycles. The summed E-state index contributed by atoms with van der Waals surface area (Å²) < 4.78 is 0. The van der Waals surface area contributed by atoms with Crippen molar-refractivity contribution in [1.82, 2.24) is 10.3 Å². The Balaban J connectivity index is 2.32. The van der Waals surface area contributed by atoms with Crippen molar-refractivity contribution in [3.8, 4) is 0 Å². The molecule has 15 heavy (non-hydrogen) atoms. The van der Waals surface area contributed by atoms with Crippen LogP contribution in [0.3, 0.4) is 0 Å². The molecule has 0 spiro atoms. The molecule has 0 atom stereocenters. The monoisotopic (exact) mass is 201 g/mol. The van der Waals surface area contributed by atoms with E-state index < -0.39 is 0 Å². The Morgan fingerprint density at radius 1 is 1.27 bits per heavy atom. The van der Waals surface area contributed by atoms with E-state index >= 15 is 0 Å². The molecule has 0 saturated heterocycles. The highest BCUT2D eigenvalue weighted by Crippen LogP contribution is 2.18. The zero-order valence-corrected chi connectivity index (χ0v) is 8.79. The van der Waals surface area contributed by atoms with Crippen molar-refractivity contribution in [2.45, 2.75) is 13.8 Å². The number of amides is 1. The van der Waals surface area contributed by atoms with Crippen molar-refractivity contribution in [3.05, 3.63) is 42.1 Å². The van der Waals surface area contributed by atoms with Gasteiger partial charge in [-0.3, -0.25) is 4.79 Å². The van der Waals surface area contributed by atoms with Crippen LogP contribution in [0.2, 0.25) is 0 Å². The van der Waals surface area contributed by atoms with Crippen molar-refractivity contribution in [2.24, 2.45) is 0 Å². The lowest BCUT2D eigenvalue weighted by atomic mass is 10.2. The third-order valence-corrected chi connectivity index (χ3v) is 2.30. The molecule has 2 aromatic rings. The van der Waals surface area contributed by atoms with Crippen LogP contribution in [0.15, 0.2) is 30.3 Å². The molecular weight excluding hydrogens is 188 g/mol. The highest BCUT2D eigenvalue weighted by Gasteiger charge is 2.10. The first-order chi connectivity index (χ1) is 7.16. The van der Waals surface area contributed by atoms with Gasteiger partial charge in [0.2, 0.25) is 5.91 Å². The molecule has 3 nitrogen and oxygen atoms in total. The summed E-state index contributed by atoms with van der Waals surface area (Å²) in [7, 11) is 0. The number of carbonyl (C=O) groups is 1. The predicted octanol–water partition coefficient (Wildman–Crippen LogP) is 2.20. The average molecular weight is 201 g/mol. The summed E-state index contributed by atoms with van der Waals surface area (Å²) in [6.45, 7) is 3.39. The van der Waals surface area contributed by atoms with Gasteiger partial charge in [-0.25, -0.2) is 0 Å². The smallest absolute Gasteiger partial charge is 0.217 e. The molecule has 0 aliphatic heterocycles. The maximum Gasteiger partial charge on any atom is 0.217 e. The molecule has 1 aromatic heterocycles. The van der Waals surface area contributed by atoms with Gasteiger partial charge in [0, 0.05) is 18.1 Å². The van der Waals surface area contributed by atoms with Crippen LogP contribution < -0.4 is 5.32 Å². The molecule has 1 amide bonds. The van der Waals surface area contributed by atoms with Crippen LogP contribution >= 0.6 is 0 Å². The Bertz CT molecular complexity index is 454. The Morgan fingerprint density at radius 3 is 2.67 bits per heavy atom. The van der Waals surface area contributed by atoms with Gasteiger partial charge in [-0.05, 0) is 24.4 Å².